The summed E-state index contributed by atoms with van der Waals surface area (Å²) in [6, 6.07) is 8.55. The average Bonchev–Trinajstić information content (AvgIpc) is 2.15. The fourth-order valence-electron chi connectivity index (χ4n) is 0.788. The van der Waals surface area contributed by atoms with E-state index in [0.717, 1.165) is 0 Å². The van der Waals surface area contributed by atoms with Crippen molar-refractivity contribution in [2.45, 2.75) is 0 Å². The highest BCUT2D eigenvalue weighted by Crippen LogP contribution is 2.07. The van der Waals surface area contributed by atoms with Crippen molar-refractivity contribution >= 4 is 17.6 Å². The van der Waals surface area contributed by atoms with E-state index < -0.39 is 11.7 Å². The second kappa shape index (κ2) is 4.09. The van der Waals surface area contributed by atoms with E-state index in [-0.39, 0.29) is 0 Å². The molecule has 1 aromatic rings. The number of carboxylic acids is 1. The third-order valence-electron chi connectivity index (χ3n) is 1.36. The maximum absolute atomic E-state index is 10.4. The van der Waals surface area contributed by atoms with Gasteiger partial charge in [0.25, 0.3) is 0 Å². The molecular formula is C9H7NO3. The van der Waals surface area contributed by atoms with Crippen LogP contribution < -0.4 is 5.32 Å². The van der Waals surface area contributed by atoms with Gasteiger partial charge in [-0.25, -0.2) is 9.59 Å². The van der Waals surface area contributed by atoms with Gasteiger partial charge in [0.2, 0.25) is 5.70 Å². The van der Waals surface area contributed by atoms with Crippen LogP contribution >= 0.6 is 0 Å². The summed E-state index contributed by atoms with van der Waals surface area (Å²) >= 11 is 0. The summed E-state index contributed by atoms with van der Waals surface area (Å²) in [5.74, 6) is -0.0145. The molecule has 0 bridgehead atoms. The minimum Gasteiger partial charge on any atom is -0.476 e. The summed E-state index contributed by atoms with van der Waals surface area (Å²) in [4.78, 5) is 20.5. The van der Waals surface area contributed by atoms with Gasteiger partial charge in [-0.3, -0.25) is 0 Å². The van der Waals surface area contributed by atoms with E-state index in [1.54, 1.807) is 30.3 Å². The first-order chi connectivity index (χ1) is 6.24. The maximum Gasteiger partial charge on any atom is 0.364 e. The molecule has 13 heavy (non-hydrogen) atoms. The molecule has 4 heteroatoms. The van der Waals surface area contributed by atoms with Crippen molar-refractivity contribution in [2.75, 3.05) is 5.32 Å². The lowest BCUT2D eigenvalue weighted by Crippen LogP contribution is -2.10. The summed E-state index contributed by atoms with van der Waals surface area (Å²) in [5, 5.41) is 10.9. The van der Waals surface area contributed by atoms with Crippen LogP contribution in [0.5, 0.6) is 0 Å². The standard InChI is InChI=1S/C9H7NO3/c11-6-8(9(12)13)10-7-4-2-1-3-5-7/h1-5,10H,(H,12,13). The van der Waals surface area contributed by atoms with Crippen molar-refractivity contribution in [3.8, 4) is 0 Å². The van der Waals surface area contributed by atoms with Gasteiger partial charge < -0.3 is 10.4 Å². The highest BCUT2D eigenvalue weighted by molar-refractivity contribution is 5.98. The van der Waals surface area contributed by atoms with E-state index in [4.69, 9.17) is 5.11 Å². The van der Waals surface area contributed by atoms with Crippen molar-refractivity contribution in [3.05, 3.63) is 36.0 Å². The quantitative estimate of drug-likeness (QED) is 0.531. The first-order valence-corrected chi connectivity index (χ1v) is 3.54. The Morgan fingerprint density at radius 2 is 1.92 bits per heavy atom. The molecule has 0 saturated carbocycles. The van der Waals surface area contributed by atoms with Crippen LogP contribution in [0.2, 0.25) is 0 Å². The van der Waals surface area contributed by atoms with E-state index in [0.29, 0.717) is 5.69 Å². The molecule has 0 amide bonds. The van der Waals surface area contributed by atoms with E-state index in [1.807, 2.05) is 0 Å². The number of carboxylic acid groups (broad SMARTS) is 1. The number of benzene rings is 1. The molecule has 4 nitrogen and oxygen atoms in total. The van der Waals surface area contributed by atoms with Crippen LogP contribution in [0.4, 0.5) is 5.69 Å². The van der Waals surface area contributed by atoms with Crippen molar-refractivity contribution in [1.82, 2.24) is 0 Å². The molecule has 0 heterocycles. The maximum atomic E-state index is 10.4. The highest BCUT2D eigenvalue weighted by Gasteiger charge is 2.07. The summed E-state index contributed by atoms with van der Waals surface area (Å²) in [6.45, 7) is 0. The summed E-state index contributed by atoms with van der Waals surface area (Å²) < 4.78 is 0. The Hall–Kier alpha value is -2.06. The molecule has 0 atom stereocenters. The first kappa shape index (κ1) is 9.03. The van der Waals surface area contributed by atoms with Crippen molar-refractivity contribution in [3.63, 3.8) is 0 Å². The second-order valence-corrected chi connectivity index (χ2v) is 2.27. The Labute approximate surface area is 74.5 Å². The zero-order valence-corrected chi connectivity index (χ0v) is 6.65. The molecule has 0 spiro atoms. The van der Waals surface area contributed by atoms with Crippen LogP contribution in [-0.2, 0) is 9.59 Å². The lowest BCUT2D eigenvalue weighted by molar-refractivity contribution is -0.132. The van der Waals surface area contributed by atoms with Gasteiger partial charge in [-0.05, 0) is 12.1 Å². The topological polar surface area (TPSA) is 66.4 Å². The molecule has 0 unspecified atom stereocenters. The van der Waals surface area contributed by atoms with Gasteiger partial charge in [-0.15, -0.1) is 0 Å². The molecule has 0 aliphatic rings. The molecule has 0 aliphatic carbocycles. The number of nitrogens with one attached hydrogen (secondary N) is 1. The molecule has 0 aromatic heterocycles. The SMILES string of the molecule is O=C=C(Nc1ccccc1)C(=O)O. The van der Waals surface area contributed by atoms with Crippen LogP contribution in [0.15, 0.2) is 36.0 Å². The Balaban J connectivity index is 2.80. The predicted octanol–water partition coefficient (Wildman–Crippen LogP) is 0.899. The Morgan fingerprint density at radius 1 is 1.31 bits per heavy atom. The summed E-state index contributed by atoms with van der Waals surface area (Å²) in [7, 11) is 0. The van der Waals surface area contributed by atoms with E-state index in [1.165, 1.54) is 5.94 Å². The van der Waals surface area contributed by atoms with Crippen molar-refractivity contribution in [1.29, 1.82) is 0 Å². The van der Waals surface area contributed by atoms with Crippen molar-refractivity contribution < 1.29 is 14.7 Å². The van der Waals surface area contributed by atoms with Gasteiger partial charge in [-0.2, -0.15) is 0 Å². The van der Waals surface area contributed by atoms with Gasteiger partial charge in [0.05, 0.1) is 0 Å². The fourth-order valence-corrected chi connectivity index (χ4v) is 0.788. The van der Waals surface area contributed by atoms with Gasteiger partial charge in [0.15, 0.2) is 5.94 Å². The minimum absolute atomic E-state index is 0.494. The number of carbonyl (C=O) groups is 1. The Kier molecular flexibility index (Phi) is 2.84. The number of anilines is 1. The zero-order chi connectivity index (χ0) is 9.68. The van der Waals surface area contributed by atoms with Gasteiger partial charge in [-0.1, -0.05) is 18.2 Å². The summed E-state index contributed by atoms with van der Waals surface area (Å²) in [6.07, 6.45) is 0. The number of para-hydroxylation sites is 1. The van der Waals surface area contributed by atoms with Crippen LogP contribution in [0.25, 0.3) is 0 Å². The Bertz CT molecular complexity index is 352. The molecule has 0 aliphatic heterocycles. The number of hydrogen-bond donors (Lipinski definition) is 2. The molecule has 2 N–H and O–H groups in total. The van der Waals surface area contributed by atoms with Gasteiger partial charge >= 0.3 is 5.97 Å². The van der Waals surface area contributed by atoms with Crippen LogP contribution in [0.1, 0.15) is 0 Å². The lowest BCUT2D eigenvalue weighted by Gasteiger charge is -2.01. The van der Waals surface area contributed by atoms with Crippen LogP contribution in [-0.4, -0.2) is 17.0 Å². The molecule has 1 rings (SSSR count). The molecule has 0 radical (unpaired) electrons. The molecular weight excluding hydrogens is 170 g/mol. The lowest BCUT2D eigenvalue weighted by atomic mass is 10.3. The van der Waals surface area contributed by atoms with E-state index in [9.17, 15) is 9.59 Å². The van der Waals surface area contributed by atoms with Crippen LogP contribution in [0, 0.1) is 0 Å². The number of rotatable bonds is 3. The molecule has 0 fully saturated rings. The van der Waals surface area contributed by atoms with E-state index in [2.05, 4.69) is 5.32 Å². The average molecular weight is 177 g/mol. The normalized spacial score (nSPS) is 8.62. The monoisotopic (exact) mass is 177 g/mol. The fraction of sp³-hybridized carbons (Fsp3) is 0. The Morgan fingerprint density at radius 3 is 2.38 bits per heavy atom. The third-order valence-corrected chi connectivity index (χ3v) is 1.36. The zero-order valence-electron chi connectivity index (χ0n) is 6.65. The first-order valence-electron chi connectivity index (χ1n) is 3.54. The number of hydrogen-bond acceptors (Lipinski definition) is 3. The summed E-state index contributed by atoms with van der Waals surface area (Å²) in [5.41, 5.74) is 0.0504. The molecule has 66 valence electrons. The number of aliphatic carboxylic acids is 1. The molecule has 1 aromatic carbocycles. The van der Waals surface area contributed by atoms with E-state index >= 15 is 0 Å². The number of carbonyl (C=O) groups excluding carboxylic acids is 1. The smallest absolute Gasteiger partial charge is 0.364 e. The van der Waals surface area contributed by atoms with Crippen molar-refractivity contribution in [2.24, 2.45) is 0 Å². The highest BCUT2D eigenvalue weighted by atomic mass is 16.4. The van der Waals surface area contributed by atoms with Gasteiger partial charge in [0.1, 0.15) is 0 Å². The van der Waals surface area contributed by atoms with Crippen LogP contribution in [0.3, 0.4) is 0 Å². The third kappa shape index (κ3) is 2.47. The second-order valence-electron chi connectivity index (χ2n) is 2.27. The minimum atomic E-state index is -1.32. The predicted molar refractivity (Wildman–Crippen MR) is 46.9 cm³/mol. The van der Waals surface area contributed by atoms with Gasteiger partial charge in [0, 0.05) is 5.69 Å². The molecule has 0 saturated heterocycles. The largest absolute Gasteiger partial charge is 0.476 e.